The summed E-state index contributed by atoms with van der Waals surface area (Å²) in [4.78, 5) is 0. The maximum absolute atomic E-state index is 5.06. The van der Waals surface area contributed by atoms with Crippen molar-refractivity contribution in [2.24, 2.45) is 5.92 Å². The van der Waals surface area contributed by atoms with E-state index in [9.17, 15) is 0 Å². The molecule has 0 aliphatic rings. The van der Waals surface area contributed by atoms with Gasteiger partial charge in [-0.05, 0) is 24.8 Å². The van der Waals surface area contributed by atoms with Crippen LogP contribution in [-0.2, 0) is 6.42 Å². The van der Waals surface area contributed by atoms with E-state index in [2.05, 4.69) is 43.3 Å². The van der Waals surface area contributed by atoms with Gasteiger partial charge >= 0.3 is 0 Å². The van der Waals surface area contributed by atoms with Gasteiger partial charge in [-0.2, -0.15) is 0 Å². The topological polar surface area (TPSA) is 26.0 Å². The first kappa shape index (κ1) is 10.9. The van der Waals surface area contributed by atoms with Gasteiger partial charge in [-0.25, -0.2) is 0 Å². The zero-order chi connectivity index (χ0) is 11.5. The number of nitrogens with zero attached hydrogens (tertiary/aromatic N) is 1. The molecule has 0 aliphatic carbocycles. The first-order valence-corrected chi connectivity index (χ1v) is 5.68. The fourth-order valence-electron chi connectivity index (χ4n) is 1.79. The third-order valence-electron chi connectivity index (χ3n) is 2.52. The number of benzene rings is 1. The number of hydrogen-bond acceptors (Lipinski definition) is 2. The third kappa shape index (κ3) is 2.51. The van der Waals surface area contributed by atoms with Gasteiger partial charge in [0.1, 0.15) is 11.5 Å². The van der Waals surface area contributed by atoms with Crippen LogP contribution in [0.3, 0.4) is 0 Å². The quantitative estimate of drug-likeness (QED) is 0.777. The standard InChI is InChI=1S/C14H17NO/c1-10(2)8-12-4-6-13(7-5-12)14-9-11(3)16-15-14/h4-7,9-10H,8H2,1-3H3. The van der Waals surface area contributed by atoms with E-state index in [1.54, 1.807) is 0 Å². The minimum atomic E-state index is 0.695. The minimum Gasteiger partial charge on any atom is -0.361 e. The van der Waals surface area contributed by atoms with Crippen LogP contribution in [-0.4, -0.2) is 5.16 Å². The molecule has 0 atom stereocenters. The predicted octanol–water partition coefficient (Wildman–Crippen LogP) is 3.85. The van der Waals surface area contributed by atoms with Crippen molar-refractivity contribution in [1.82, 2.24) is 5.16 Å². The highest BCUT2D eigenvalue weighted by molar-refractivity contribution is 5.59. The molecule has 1 aromatic heterocycles. The van der Waals surface area contributed by atoms with Crippen molar-refractivity contribution >= 4 is 0 Å². The molecule has 2 aromatic rings. The molecule has 0 amide bonds. The van der Waals surface area contributed by atoms with Gasteiger partial charge in [0, 0.05) is 11.6 Å². The Labute approximate surface area is 96.3 Å². The van der Waals surface area contributed by atoms with Crippen molar-refractivity contribution in [2.45, 2.75) is 27.2 Å². The second-order valence-corrected chi connectivity index (χ2v) is 4.62. The van der Waals surface area contributed by atoms with Crippen LogP contribution in [0.25, 0.3) is 11.3 Å². The van der Waals surface area contributed by atoms with Gasteiger partial charge < -0.3 is 4.52 Å². The molecule has 1 aromatic carbocycles. The highest BCUT2D eigenvalue weighted by atomic mass is 16.5. The summed E-state index contributed by atoms with van der Waals surface area (Å²) < 4.78 is 5.06. The zero-order valence-corrected chi connectivity index (χ0v) is 10.0. The van der Waals surface area contributed by atoms with E-state index in [4.69, 9.17) is 4.52 Å². The summed E-state index contributed by atoms with van der Waals surface area (Å²) in [5.74, 6) is 1.54. The molecule has 2 nitrogen and oxygen atoms in total. The smallest absolute Gasteiger partial charge is 0.134 e. The Morgan fingerprint density at radius 2 is 1.88 bits per heavy atom. The summed E-state index contributed by atoms with van der Waals surface area (Å²) in [5, 5.41) is 4.00. The lowest BCUT2D eigenvalue weighted by molar-refractivity contribution is 0.399. The average molecular weight is 215 g/mol. The van der Waals surface area contributed by atoms with Gasteiger partial charge in [0.15, 0.2) is 0 Å². The van der Waals surface area contributed by atoms with E-state index in [-0.39, 0.29) is 0 Å². The SMILES string of the molecule is Cc1cc(-c2ccc(CC(C)C)cc2)no1. The number of hydrogen-bond donors (Lipinski definition) is 0. The molecular weight excluding hydrogens is 198 g/mol. The Kier molecular flexibility index (Phi) is 3.09. The van der Waals surface area contributed by atoms with Crippen LogP contribution in [0.5, 0.6) is 0 Å². The van der Waals surface area contributed by atoms with Crippen molar-refractivity contribution in [1.29, 1.82) is 0 Å². The first-order valence-electron chi connectivity index (χ1n) is 5.68. The maximum atomic E-state index is 5.06. The Bertz CT molecular complexity index is 454. The summed E-state index contributed by atoms with van der Waals surface area (Å²) in [6.07, 6.45) is 1.12. The highest BCUT2D eigenvalue weighted by Crippen LogP contribution is 2.20. The Morgan fingerprint density at radius 3 is 2.38 bits per heavy atom. The highest BCUT2D eigenvalue weighted by Gasteiger charge is 2.04. The zero-order valence-electron chi connectivity index (χ0n) is 10.0. The van der Waals surface area contributed by atoms with Crippen molar-refractivity contribution in [3.63, 3.8) is 0 Å². The second kappa shape index (κ2) is 4.52. The van der Waals surface area contributed by atoms with Crippen LogP contribution < -0.4 is 0 Å². The lowest BCUT2D eigenvalue weighted by Crippen LogP contribution is -1.93. The van der Waals surface area contributed by atoms with E-state index in [1.807, 2.05) is 13.0 Å². The Hall–Kier alpha value is -1.57. The fourth-order valence-corrected chi connectivity index (χ4v) is 1.79. The van der Waals surface area contributed by atoms with Crippen molar-refractivity contribution in [3.8, 4) is 11.3 Å². The molecule has 84 valence electrons. The molecule has 2 heteroatoms. The predicted molar refractivity (Wildman–Crippen MR) is 65.2 cm³/mol. The van der Waals surface area contributed by atoms with Gasteiger partial charge in [0.05, 0.1) is 0 Å². The van der Waals surface area contributed by atoms with E-state index < -0.39 is 0 Å². The fraction of sp³-hybridized carbons (Fsp3) is 0.357. The molecular formula is C14H17NO. The molecule has 0 saturated carbocycles. The summed E-state index contributed by atoms with van der Waals surface area (Å²) in [6, 6.07) is 10.5. The molecule has 0 N–H and O–H groups in total. The lowest BCUT2D eigenvalue weighted by atomic mass is 10.0. The average Bonchev–Trinajstić information content (AvgIpc) is 2.65. The summed E-state index contributed by atoms with van der Waals surface area (Å²) in [7, 11) is 0. The van der Waals surface area contributed by atoms with Crippen LogP contribution in [0.15, 0.2) is 34.9 Å². The van der Waals surface area contributed by atoms with E-state index in [0.717, 1.165) is 23.4 Å². The van der Waals surface area contributed by atoms with Gasteiger partial charge in [0.2, 0.25) is 0 Å². The third-order valence-corrected chi connectivity index (χ3v) is 2.52. The van der Waals surface area contributed by atoms with E-state index in [0.29, 0.717) is 5.92 Å². The first-order chi connectivity index (χ1) is 7.65. The molecule has 0 spiro atoms. The van der Waals surface area contributed by atoms with Crippen LogP contribution in [0, 0.1) is 12.8 Å². The normalized spacial score (nSPS) is 11.0. The Balaban J connectivity index is 2.19. The molecule has 0 saturated heterocycles. The summed E-state index contributed by atoms with van der Waals surface area (Å²) in [6.45, 7) is 6.37. The van der Waals surface area contributed by atoms with Crippen molar-refractivity contribution in [3.05, 3.63) is 41.7 Å². The molecule has 1 heterocycles. The van der Waals surface area contributed by atoms with E-state index in [1.165, 1.54) is 5.56 Å². The Morgan fingerprint density at radius 1 is 1.19 bits per heavy atom. The van der Waals surface area contributed by atoms with Crippen LogP contribution in [0.4, 0.5) is 0 Å². The monoisotopic (exact) mass is 215 g/mol. The molecule has 0 aliphatic heterocycles. The van der Waals surface area contributed by atoms with Crippen LogP contribution in [0.1, 0.15) is 25.2 Å². The molecule has 0 radical (unpaired) electrons. The van der Waals surface area contributed by atoms with Gasteiger partial charge in [0.25, 0.3) is 0 Å². The number of rotatable bonds is 3. The summed E-state index contributed by atoms with van der Waals surface area (Å²) in [5.41, 5.74) is 3.40. The molecule has 0 bridgehead atoms. The number of aromatic nitrogens is 1. The second-order valence-electron chi connectivity index (χ2n) is 4.62. The van der Waals surface area contributed by atoms with Gasteiger partial charge in [-0.1, -0.05) is 43.3 Å². The molecule has 0 unspecified atom stereocenters. The van der Waals surface area contributed by atoms with Crippen molar-refractivity contribution < 1.29 is 4.52 Å². The van der Waals surface area contributed by atoms with Gasteiger partial charge in [-0.15, -0.1) is 0 Å². The maximum Gasteiger partial charge on any atom is 0.134 e. The lowest BCUT2D eigenvalue weighted by Gasteiger charge is -2.04. The van der Waals surface area contributed by atoms with Crippen LogP contribution >= 0.6 is 0 Å². The molecule has 16 heavy (non-hydrogen) atoms. The minimum absolute atomic E-state index is 0.695. The molecule has 0 fully saturated rings. The molecule has 2 rings (SSSR count). The van der Waals surface area contributed by atoms with E-state index >= 15 is 0 Å². The number of aryl methyl sites for hydroxylation is 1. The van der Waals surface area contributed by atoms with Crippen molar-refractivity contribution in [2.75, 3.05) is 0 Å². The largest absolute Gasteiger partial charge is 0.361 e. The summed E-state index contributed by atoms with van der Waals surface area (Å²) >= 11 is 0. The van der Waals surface area contributed by atoms with Crippen LogP contribution in [0.2, 0.25) is 0 Å². The van der Waals surface area contributed by atoms with Gasteiger partial charge in [-0.3, -0.25) is 0 Å².